The lowest BCUT2D eigenvalue weighted by Gasteiger charge is -2.36. The number of rotatable bonds is 17. The van der Waals surface area contributed by atoms with Gasteiger partial charge in [-0.2, -0.15) is 0 Å². The molecule has 5 aromatic rings. The molecule has 0 amide bonds. The molecule has 55 heavy (non-hydrogen) atoms. The van der Waals surface area contributed by atoms with Crippen molar-refractivity contribution in [3.05, 3.63) is 148 Å². The van der Waals surface area contributed by atoms with Gasteiger partial charge in [0.1, 0.15) is 5.69 Å². The molecule has 1 aliphatic rings. The highest BCUT2D eigenvalue weighted by Crippen LogP contribution is 2.31. The Labute approximate surface area is 333 Å². The third kappa shape index (κ3) is 11.3. The van der Waals surface area contributed by atoms with Crippen LogP contribution in [0.5, 0.6) is 0 Å². The predicted octanol–water partition coefficient (Wildman–Crippen LogP) is 8.24. The van der Waals surface area contributed by atoms with Crippen molar-refractivity contribution in [3.8, 4) is 11.1 Å². The van der Waals surface area contributed by atoms with Crippen molar-refractivity contribution in [2.24, 2.45) is 0 Å². The molecule has 1 fully saturated rings. The van der Waals surface area contributed by atoms with Crippen molar-refractivity contribution in [1.82, 2.24) is 14.5 Å². The van der Waals surface area contributed by atoms with Gasteiger partial charge in [0, 0.05) is 72.7 Å². The lowest BCUT2D eigenvalue weighted by atomic mass is 9.99. The number of hydrogen-bond acceptors (Lipinski definition) is 9. The van der Waals surface area contributed by atoms with Crippen molar-refractivity contribution < 1.29 is 13.3 Å². The second-order valence-corrected chi connectivity index (χ2v) is 17.2. The Morgan fingerprint density at radius 1 is 0.873 bits per heavy atom. The molecule has 1 heterocycles. The quantitative estimate of drug-likeness (QED) is 0.0546. The molecule has 0 bridgehead atoms. The van der Waals surface area contributed by atoms with Crippen molar-refractivity contribution in [3.63, 3.8) is 0 Å². The highest BCUT2D eigenvalue weighted by Gasteiger charge is 2.24. The van der Waals surface area contributed by atoms with Gasteiger partial charge in [0.25, 0.3) is 5.69 Å². The zero-order chi connectivity index (χ0) is 38.8. The Kier molecular flexibility index (Phi) is 13.9. The number of nitrogens with one attached hydrogen (secondary N) is 2. The lowest BCUT2D eigenvalue weighted by molar-refractivity contribution is -0.384. The Bertz CT molecular complexity index is 2130. The summed E-state index contributed by atoms with van der Waals surface area (Å²) in [4.78, 5) is 19.5. The third-order valence-electron chi connectivity index (χ3n) is 9.66. The van der Waals surface area contributed by atoms with Gasteiger partial charge in [-0.25, -0.2) is 13.1 Å². The molecular weight excluding hydrogens is 752 g/mol. The monoisotopic (exact) mass is 798 g/mol. The van der Waals surface area contributed by atoms with Gasteiger partial charge in [-0.1, -0.05) is 78.3 Å². The number of nitro groups is 1. The summed E-state index contributed by atoms with van der Waals surface area (Å²) >= 11 is 7.79. The number of piperazine rings is 1. The normalized spacial score (nSPS) is 14.2. The summed E-state index contributed by atoms with van der Waals surface area (Å²) in [5, 5.41) is 16.2. The minimum Gasteiger partial charge on any atom is -0.376 e. The minimum atomic E-state index is -4.03. The maximum Gasteiger partial charge on any atom is 0.293 e. The van der Waals surface area contributed by atoms with Crippen LogP contribution in [0.3, 0.4) is 0 Å². The molecule has 1 saturated heterocycles. The SMILES string of the molecule is CN(C)CC[C@H](CSc1ccccc1)Nc1ccc(S(=O)(=O)NCc2ccc(N3CCN(Cc4ccccc4-c4ccc(Cl)cc4)CC3)cc2)cc1[N+](=O)[O-]. The van der Waals surface area contributed by atoms with E-state index >= 15 is 0 Å². The molecule has 0 aromatic heterocycles. The lowest BCUT2D eigenvalue weighted by Crippen LogP contribution is -2.46. The van der Waals surface area contributed by atoms with Crippen LogP contribution in [0.4, 0.5) is 17.1 Å². The number of thioether (sulfide) groups is 1. The van der Waals surface area contributed by atoms with Gasteiger partial charge in [-0.15, -0.1) is 11.8 Å². The van der Waals surface area contributed by atoms with Crippen molar-refractivity contribution in [2.75, 3.05) is 62.8 Å². The van der Waals surface area contributed by atoms with E-state index in [1.807, 2.05) is 80.8 Å². The number of nitrogens with zero attached hydrogens (tertiary/aromatic N) is 4. The number of hydrogen-bond donors (Lipinski definition) is 2. The van der Waals surface area contributed by atoms with Crippen LogP contribution in [-0.2, 0) is 23.1 Å². The zero-order valence-electron chi connectivity index (χ0n) is 31.1. The van der Waals surface area contributed by atoms with Gasteiger partial charge in [0.2, 0.25) is 10.0 Å². The minimum absolute atomic E-state index is 0.0561. The van der Waals surface area contributed by atoms with Crippen LogP contribution < -0.4 is 14.9 Å². The number of sulfonamides is 1. The van der Waals surface area contributed by atoms with E-state index in [2.05, 4.69) is 61.1 Å². The molecule has 1 atom stereocenters. The van der Waals surface area contributed by atoms with Crippen LogP contribution in [0.1, 0.15) is 17.5 Å². The van der Waals surface area contributed by atoms with Gasteiger partial charge >= 0.3 is 0 Å². The zero-order valence-corrected chi connectivity index (χ0v) is 33.5. The standard InChI is InChI=1S/C42H47ClN6O4S2/c1-46(2)23-22-36(31-54-38-9-4-3-5-10-38)45-41-21-20-39(28-42(41)49(50)51)55(52,53)44-29-32-12-18-37(19-13-32)48-26-24-47(25-27-48)30-34-8-6-7-11-40(34)33-14-16-35(43)17-15-33/h3-21,28,36,44-45H,22-27,29-31H2,1-2H3/t36-/m1/s1. The molecule has 10 nitrogen and oxygen atoms in total. The molecule has 1 aliphatic heterocycles. The second-order valence-electron chi connectivity index (χ2n) is 13.9. The fourth-order valence-corrected chi connectivity index (χ4v) is 8.71. The number of benzene rings is 5. The van der Waals surface area contributed by atoms with Crippen molar-refractivity contribution in [2.45, 2.75) is 35.3 Å². The first-order valence-electron chi connectivity index (χ1n) is 18.3. The summed E-state index contributed by atoms with van der Waals surface area (Å²) in [6, 6.07) is 38.3. The molecule has 0 spiro atoms. The maximum atomic E-state index is 13.4. The van der Waals surface area contributed by atoms with Gasteiger partial charge in [0.15, 0.2) is 0 Å². The van der Waals surface area contributed by atoms with E-state index < -0.39 is 14.9 Å². The van der Waals surface area contributed by atoms with Crippen LogP contribution in [-0.4, -0.2) is 81.8 Å². The van der Waals surface area contributed by atoms with Crippen LogP contribution in [0.15, 0.2) is 131 Å². The second kappa shape index (κ2) is 18.9. The van der Waals surface area contributed by atoms with E-state index in [0.717, 1.165) is 78.5 Å². The molecule has 0 unspecified atom stereocenters. The molecule has 0 aliphatic carbocycles. The number of anilines is 2. The van der Waals surface area contributed by atoms with E-state index in [9.17, 15) is 18.5 Å². The van der Waals surface area contributed by atoms with E-state index in [0.29, 0.717) is 11.4 Å². The van der Waals surface area contributed by atoms with Gasteiger partial charge in [-0.3, -0.25) is 15.0 Å². The largest absolute Gasteiger partial charge is 0.376 e. The summed E-state index contributed by atoms with van der Waals surface area (Å²) in [5.74, 6) is 0.687. The number of nitro benzene ring substituents is 1. The Morgan fingerprint density at radius 3 is 2.25 bits per heavy atom. The van der Waals surface area contributed by atoms with Crippen LogP contribution >= 0.6 is 23.4 Å². The first-order valence-corrected chi connectivity index (χ1v) is 21.2. The smallest absolute Gasteiger partial charge is 0.293 e. The summed E-state index contributed by atoms with van der Waals surface area (Å²) in [6.45, 7) is 5.29. The molecule has 0 saturated carbocycles. The molecule has 0 radical (unpaired) electrons. The maximum absolute atomic E-state index is 13.4. The van der Waals surface area contributed by atoms with Crippen molar-refractivity contribution in [1.29, 1.82) is 0 Å². The van der Waals surface area contributed by atoms with Crippen molar-refractivity contribution >= 4 is 50.4 Å². The molecule has 2 N–H and O–H groups in total. The van der Waals surface area contributed by atoms with Gasteiger partial charge in [-0.05, 0) is 97.8 Å². The topological polar surface area (TPSA) is 111 Å². The summed E-state index contributed by atoms with van der Waals surface area (Å²) < 4.78 is 29.4. The highest BCUT2D eigenvalue weighted by molar-refractivity contribution is 7.99. The molecule has 5 aromatic carbocycles. The molecule has 288 valence electrons. The van der Waals surface area contributed by atoms with E-state index in [1.54, 1.807) is 11.8 Å². The summed E-state index contributed by atoms with van der Waals surface area (Å²) in [5.41, 5.74) is 5.54. The van der Waals surface area contributed by atoms with E-state index in [-0.39, 0.29) is 23.2 Å². The summed E-state index contributed by atoms with van der Waals surface area (Å²) in [6.07, 6.45) is 0.751. The molecule has 6 rings (SSSR count). The predicted molar refractivity (Wildman–Crippen MR) is 226 cm³/mol. The average Bonchev–Trinajstić information content (AvgIpc) is 3.19. The van der Waals surface area contributed by atoms with Gasteiger partial charge < -0.3 is 15.1 Å². The van der Waals surface area contributed by atoms with Gasteiger partial charge in [0.05, 0.1) is 9.82 Å². The third-order valence-corrected chi connectivity index (χ3v) is 12.5. The Hall–Kier alpha value is -4.43. The Morgan fingerprint density at radius 2 is 1.56 bits per heavy atom. The molecule has 13 heteroatoms. The fourth-order valence-electron chi connectivity index (χ4n) is 6.56. The van der Waals surface area contributed by atoms with E-state index in [4.69, 9.17) is 11.6 Å². The van der Waals surface area contributed by atoms with Crippen LogP contribution in [0.25, 0.3) is 11.1 Å². The Balaban J connectivity index is 1.03. The van der Waals surface area contributed by atoms with Crippen LogP contribution in [0.2, 0.25) is 5.02 Å². The highest BCUT2D eigenvalue weighted by atomic mass is 35.5. The summed E-state index contributed by atoms with van der Waals surface area (Å²) in [7, 11) is -0.0573. The average molecular weight is 799 g/mol. The first kappa shape index (κ1) is 40.2. The molecular formula is C42H47ClN6O4S2. The van der Waals surface area contributed by atoms with Crippen LogP contribution in [0, 0.1) is 10.1 Å². The number of halogens is 1. The first-order chi connectivity index (χ1) is 26.5. The van der Waals surface area contributed by atoms with E-state index in [1.165, 1.54) is 23.3 Å². The fraction of sp³-hybridized carbons (Fsp3) is 0.286.